The highest BCUT2D eigenvalue weighted by Crippen LogP contribution is 2.12. The van der Waals surface area contributed by atoms with Crippen LogP contribution in [0, 0.1) is 0 Å². The molecule has 0 spiro atoms. The Morgan fingerprint density at radius 2 is 2.00 bits per heavy atom. The number of aromatic nitrogens is 2. The van der Waals surface area contributed by atoms with E-state index in [1.54, 1.807) is 35.1 Å². The fourth-order valence-electron chi connectivity index (χ4n) is 1.75. The average molecular weight is 308 g/mol. The third kappa shape index (κ3) is 4.61. The van der Waals surface area contributed by atoms with E-state index in [2.05, 4.69) is 10.4 Å². The second-order valence-electron chi connectivity index (χ2n) is 4.45. The summed E-state index contributed by atoms with van der Waals surface area (Å²) in [4.78, 5) is 22.4. The molecule has 0 unspecified atom stereocenters. The Bertz CT molecular complexity index is 637. The van der Waals surface area contributed by atoms with E-state index >= 15 is 0 Å². The third-order valence-corrected chi connectivity index (χ3v) is 3.03. The number of benzene rings is 1. The topological polar surface area (TPSA) is 84.2 Å². The predicted molar refractivity (Wildman–Crippen MR) is 78.5 cm³/mol. The molecular weight excluding hydrogens is 294 g/mol. The number of aliphatic carboxylic acids is 1. The molecule has 2 aromatic rings. The highest BCUT2D eigenvalue weighted by Gasteiger charge is 2.07. The van der Waals surface area contributed by atoms with E-state index in [0.717, 1.165) is 0 Å². The Morgan fingerprint density at radius 3 is 2.67 bits per heavy atom. The summed E-state index contributed by atoms with van der Waals surface area (Å²) in [5.74, 6) is -1.09. The van der Waals surface area contributed by atoms with E-state index in [4.69, 9.17) is 16.7 Å². The summed E-state index contributed by atoms with van der Waals surface area (Å²) < 4.78 is 1.60. The molecule has 0 saturated carbocycles. The number of carbonyl (C=O) groups is 2. The van der Waals surface area contributed by atoms with Crippen molar-refractivity contribution in [3.05, 3.63) is 47.2 Å². The van der Waals surface area contributed by atoms with Crippen LogP contribution in [0.4, 0.5) is 5.69 Å². The number of hydrogen-bond acceptors (Lipinski definition) is 3. The first kappa shape index (κ1) is 15.1. The second kappa shape index (κ2) is 6.90. The highest BCUT2D eigenvalue weighted by atomic mass is 35.5. The molecule has 6 nitrogen and oxygen atoms in total. The zero-order valence-electron chi connectivity index (χ0n) is 11.1. The molecule has 2 N–H and O–H groups in total. The predicted octanol–water partition coefficient (Wildman–Crippen LogP) is 2.65. The lowest BCUT2D eigenvalue weighted by atomic mass is 10.2. The van der Waals surface area contributed by atoms with Crippen molar-refractivity contribution in [1.82, 2.24) is 9.78 Å². The minimum atomic E-state index is -0.835. The molecule has 0 saturated heterocycles. The molecule has 7 heteroatoms. The number of carboxylic acids is 1. The first-order valence-corrected chi connectivity index (χ1v) is 6.73. The maximum Gasteiger partial charge on any atom is 0.303 e. The number of amides is 1. The van der Waals surface area contributed by atoms with Gasteiger partial charge in [-0.15, -0.1) is 0 Å². The first-order valence-electron chi connectivity index (χ1n) is 6.36. The van der Waals surface area contributed by atoms with Gasteiger partial charge in [0, 0.05) is 29.7 Å². The standard InChI is InChI=1S/C14H14ClN3O3/c15-11-5-3-10(4-6-11)14(21)17-12-8-16-18(9-12)7-1-2-13(19)20/h3-6,8-9H,1-2,7H2,(H,17,21)(H,19,20). The molecule has 2 rings (SSSR count). The average Bonchev–Trinajstić information content (AvgIpc) is 2.86. The van der Waals surface area contributed by atoms with Crippen LogP contribution in [0.15, 0.2) is 36.7 Å². The van der Waals surface area contributed by atoms with Gasteiger partial charge in [0.1, 0.15) is 0 Å². The van der Waals surface area contributed by atoms with Crippen LogP contribution in [0.5, 0.6) is 0 Å². The number of halogens is 1. The molecule has 0 aliphatic heterocycles. The molecule has 110 valence electrons. The van der Waals surface area contributed by atoms with E-state index in [1.807, 2.05) is 0 Å². The summed E-state index contributed by atoms with van der Waals surface area (Å²) in [6.07, 6.45) is 3.76. The molecule has 0 radical (unpaired) electrons. The highest BCUT2D eigenvalue weighted by molar-refractivity contribution is 6.30. The number of carboxylic acid groups (broad SMARTS) is 1. The molecule has 1 aromatic heterocycles. The molecule has 0 aliphatic rings. The Balaban J connectivity index is 1.91. The second-order valence-corrected chi connectivity index (χ2v) is 4.89. The van der Waals surface area contributed by atoms with E-state index in [1.165, 1.54) is 6.20 Å². The number of anilines is 1. The molecule has 1 amide bonds. The van der Waals surface area contributed by atoms with Gasteiger partial charge >= 0.3 is 5.97 Å². The Hall–Kier alpha value is -2.34. The van der Waals surface area contributed by atoms with Crippen LogP contribution in [0.1, 0.15) is 23.2 Å². The summed E-state index contributed by atoms with van der Waals surface area (Å²) >= 11 is 5.76. The van der Waals surface area contributed by atoms with Crippen molar-refractivity contribution < 1.29 is 14.7 Å². The lowest BCUT2D eigenvalue weighted by molar-refractivity contribution is -0.137. The molecular formula is C14H14ClN3O3. The number of carbonyl (C=O) groups excluding carboxylic acids is 1. The van der Waals surface area contributed by atoms with Gasteiger partial charge in [0.2, 0.25) is 0 Å². The van der Waals surface area contributed by atoms with E-state index < -0.39 is 5.97 Å². The summed E-state index contributed by atoms with van der Waals surface area (Å²) in [6, 6.07) is 6.56. The molecule has 0 atom stereocenters. The van der Waals surface area contributed by atoms with Gasteiger partial charge in [0.15, 0.2) is 0 Å². The Labute approximate surface area is 126 Å². The lowest BCUT2D eigenvalue weighted by Crippen LogP contribution is -2.11. The van der Waals surface area contributed by atoms with Crippen molar-refractivity contribution in [2.75, 3.05) is 5.32 Å². The maximum atomic E-state index is 12.0. The fourth-order valence-corrected chi connectivity index (χ4v) is 1.87. The van der Waals surface area contributed by atoms with Gasteiger partial charge in [-0.05, 0) is 30.7 Å². The Kier molecular flexibility index (Phi) is 4.94. The minimum Gasteiger partial charge on any atom is -0.481 e. The van der Waals surface area contributed by atoms with Crippen molar-refractivity contribution in [1.29, 1.82) is 0 Å². The van der Waals surface area contributed by atoms with E-state index in [-0.39, 0.29) is 12.3 Å². The largest absolute Gasteiger partial charge is 0.481 e. The van der Waals surface area contributed by atoms with E-state index in [9.17, 15) is 9.59 Å². The Morgan fingerprint density at radius 1 is 1.29 bits per heavy atom. The van der Waals surface area contributed by atoms with Crippen molar-refractivity contribution >= 4 is 29.2 Å². The number of nitrogens with one attached hydrogen (secondary N) is 1. The zero-order valence-corrected chi connectivity index (χ0v) is 11.9. The normalized spacial score (nSPS) is 10.3. The van der Waals surface area contributed by atoms with Gasteiger partial charge in [0.05, 0.1) is 11.9 Å². The van der Waals surface area contributed by atoms with Crippen LogP contribution in [0.2, 0.25) is 5.02 Å². The SMILES string of the molecule is O=C(O)CCCn1cc(NC(=O)c2ccc(Cl)cc2)cn1. The number of aryl methyl sites for hydroxylation is 1. The summed E-state index contributed by atoms with van der Waals surface area (Å²) in [6.45, 7) is 0.489. The van der Waals surface area contributed by atoms with Crippen molar-refractivity contribution in [2.24, 2.45) is 0 Å². The van der Waals surface area contributed by atoms with Crippen LogP contribution >= 0.6 is 11.6 Å². The third-order valence-electron chi connectivity index (χ3n) is 2.78. The summed E-state index contributed by atoms with van der Waals surface area (Å²) in [7, 11) is 0. The summed E-state index contributed by atoms with van der Waals surface area (Å²) in [5.41, 5.74) is 1.06. The van der Waals surface area contributed by atoms with Crippen LogP contribution in [-0.2, 0) is 11.3 Å². The quantitative estimate of drug-likeness (QED) is 0.859. The molecule has 0 aliphatic carbocycles. The van der Waals surface area contributed by atoms with Crippen LogP contribution < -0.4 is 5.32 Å². The van der Waals surface area contributed by atoms with Gasteiger partial charge in [0.25, 0.3) is 5.91 Å². The molecule has 21 heavy (non-hydrogen) atoms. The van der Waals surface area contributed by atoms with Crippen LogP contribution in [-0.4, -0.2) is 26.8 Å². The van der Waals surface area contributed by atoms with Gasteiger partial charge in [-0.2, -0.15) is 5.10 Å². The first-order chi connectivity index (χ1) is 10.0. The van der Waals surface area contributed by atoms with Crippen LogP contribution in [0.3, 0.4) is 0 Å². The van der Waals surface area contributed by atoms with Crippen molar-refractivity contribution in [2.45, 2.75) is 19.4 Å². The molecule has 1 aromatic carbocycles. The van der Waals surface area contributed by atoms with Gasteiger partial charge in [-0.3, -0.25) is 14.3 Å². The van der Waals surface area contributed by atoms with Crippen LogP contribution in [0.25, 0.3) is 0 Å². The maximum absolute atomic E-state index is 12.0. The lowest BCUT2D eigenvalue weighted by Gasteiger charge is -2.02. The molecule has 1 heterocycles. The van der Waals surface area contributed by atoms with Gasteiger partial charge in [-0.1, -0.05) is 11.6 Å². The summed E-state index contributed by atoms with van der Waals surface area (Å²) in [5, 5.41) is 15.9. The number of rotatable bonds is 6. The molecule has 0 fully saturated rings. The monoisotopic (exact) mass is 307 g/mol. The minimum absolute atomic E-state index is 0.0896. The fraction of sp³-hybridized carbons (Fsp3) is 0.214. The van der Waals surface area contributed by atoms with Crippen molar-refractivity contribution in [3.63, 3.8) is 0 Å². The molecule has 0 bridgehead atoms. The van der Waals surface area contributed by atoms with E-state index in [0.29, 0.717) is 29.2 Å². The smallest absolute Gasteiger partial charge is 0.303 e. The zero-order chi connectivity index (χ0) is 15.2. The number of hydrogen-bond donors (Lipinski definition) is 2. The number of nitrogens with zero attached hydrogens (tertiary/aromatic N) is 2. The van der Waals surface area contributed by atoms with Gasteiger partial charge < -0.3 is 10.4 Å². The van der Waals surface area contributed by atoms with Crippen molar-refractivity contribution in [3.8, 4) is 0 Å². The van der Waals surface area contributed by atoms with Gasteiger partial charge in [-0.25, -0.2) is 0 Å².